The van der Waals surface area contributed by atoms with E-state index in [-0.39, 0.29) is 29.6 Å². The first-order valence-electron chi connectivity index (χ1n) is 1.79. The summed E-state index contributed by atoms with van der Waals surface area (Å²) >= 11 is 0. The molecule has 0 rings (SSSR count). The van der Waals surface area contributed by atoms with Crippen LogP contribution < -0.4 is 29.6 Å². The molecule has 4 nitrogen and oxygen atoms in total. The molecule has 0 aliphatic rings. The second-order valence-electron chi connectivity index (χ2n) is 1.08. The van der Waals surface area contributed by atoms with Crippen molar-refractivity contribution in [1.82, 2.24) is 0 Å². The first-order chi connectivity index (χ1) is 3.48. The van der Waals surface area contributed by atoms with E-state index in [2.05, 4.69) is 0 Å². The molecule has 0 saturated heterocycles. The monoisotopic (exact) mass is 160 g/mol. The number of aliphatic hydroxyl groups is 1. The van der Waals surface area contributed by atoms with E-state index in [1.54, 1.807) is 0 Å². The van der Waals surface area contributed by atoms with Gasteiger partial charge in [-0.05, 0) is 13.0 Å². The first-order valence-corrected chi connectivity index (χ1v) is 3.20. The second-order valence-corrected chi connectivity index (χ2v) is 2.41. The average molecular weight is 160 g/mol. The SMILES string of the molecule is CC=C(O)S(=O)(=O)[O-].[Na+]. The predicted octanol–water partition coefficient (Wildman–Crippen LogP) is -3.05. The summed E-state index contributed by atoms with van der Waals surface area (Å²) in [5, 5.41) is 7.03. The molecule has 0 atom stereocenters. The van der Waals surface area contributed by atoms with E-state index in [1.165, 1.54) is 6.92 Å². The van der Waals surface area contributed by atoms with E-state index in [9.17, 15) is 13.0 Å². The van der Waals surface area contributed by atoms with Crippen LogP contribution in [0, 0.1) is 0 Å². The standard InChI is InChI=1S/C3H6O4S.Na/c1-2-3(4)8(5,6)7;/h2,4H,1H3,(H,5,6,7);/q;+1/p-1. The third-order valence-corrected chi connectivity index (χ3v) is 1.25. The van der Waals surface area contributed by atoms with Crippen LogP contribution in [0.4, 0.5) is 0 Å². The van der Waals surface area contributed by atoms with E-state index in [0.717, 1.165) is 6.08 Å². The fraction of sp³-hybridized carbons (Fsp3) is 0.333. The zero-order valence-corrected chi connectivity index (χ0v) is 7.97. The molecule has 0 aliphatic carbocycles. The summed E-state index contributed by atoms with van der Waals surface area (Å²) in [5.74, 6) is 0. The van der Waals surface area contributed by atoms with Crippen LogP contribution in [-0.4, -0.2) is 18.1 Å². The van der Waals surface area contributed by atoms with Gasteiger partial charge in [-0.1, -0.05) is 0 Å². The maximum Gasteiger partial charge on any atom is 1.00 e. The van der Waals surface area contributed by atoms with Crippen LogP contribution in [0.5, 0.6) is 0 Å². The van der Waals surface area contributed by atoms with Crippen molar-refractivity contribution in [3.05, 3.63) is 11.2 Å². The van der Waals surface area contributed by atoms with Crippen molar-refractivity contribution < 1.29 is 47.6 Å². The second kappa shape index (κ2) is 4.29. The minimum absolute atomic E-state index is 0. The predicted molar refractivity (Wildman–Crippen MR) is 26.1 cm³/mol. The van der Waals surface area contributed by atoms with Crippen LogP contribution in [0.15, 0.2) is 11.2 Å². The van der Waals surface area contributed by atoms with Crippen molar-refractivity contribution in [2.24, 2.45) is 0 Å². The summed E-state index contributed by atoms with van der Waals surface area (Å²) < 4.78 is 29.1. The molecule has 0 radical (unpaired) electrons. The van der Waals surface area contributed by atoms with Gasteiger partial charge in [0.1, 0.15) is 0 Å². The summed E-state index contributed by atoms with van der Waals surface area (Å²) in [7, 11) is -4.59. The van der Waals surface area contributed by atoms with Crippen LogP contribution in [0.2, 0.25) is 0 Å². The molecule has 0 aromatic rings. The zero-order chi connectivity index (χ0) is 6.78. The Kier molecular flexibility index (Phi) is 5.80. The Morgan fingerprint density at radius 3 is 2.00 bits per heavy atom. The van der Waals surface area contributed by atoms with Crippen molar-refractivity contribution >= 4 is 10.1 Å². The van der Waals surface area contributed by atoms with Gasteiger partial charge in [-0.15, -0.1) is 0 Å². The number of aliphatic hydroxyl groups excluding tert-OH is 1. The molecular formula is C3H5NaO4S. The van der Waals surface area contributed by atoms with Gasteiger partial charge in [-0.3, -0.25) is 0 Å². The molecule has 0 amide bonds. The van der Waals surface area contributed by atoms with E-state index in [0.29, 0.717) is 0 Å². The Balaban J connectivity index is 0. The van der Waals surface area contributed by atoms with Crippen LogP contribution in [0.25, 0.3) is 0 Å². The minimum atomic E-state index is -4.59. The minimum Gasteiger partial charge on any atom is -0.742 e. The molecule has 48 valence electrons. The van der Waals surface area contributed by atoms with Gasteiger partial charge in [-0.2, -0.15) is 0 Å². The largest absolute Gasteiger partial charge is 1.00 e. The van der Waals surface area contributed by atoms with Gasteiger partial charge >= 0.3 is 29.6 Å². The molecule has 0 unspecified atom stereocenters. The Hall–Kier alpha value is 0.450. The van der Waals surface area contributed by atoms with Gasteiger partial charge in [0.05, 0.1) is 0 Å². The maximum absolute atomic E-state index is 9.69. The number of hydrogen-bond acceptors (Lipinski definition) is 4. The van der Waals surface area contributed by atoms with Gasteiger partial charge in [0, 0.05) is 0 Å². The maximum atomic E-state index is 9.69. The Bertz CT molecular complexity index is 192. The zero-order valence-electron chi connectivity index (χ0n) is 5.16. The fourth-order valence-electron chi connectivity index (χ4n) is 0.144. The van der Waals surface area contributed by atoms with Gasteiger partial charge in [0.2, 0.25) is 0 Å². The first kappa shape index (κ1) is 12.2. The summed E-state index contributed by atoms with van der Waals surface area (Å²) in [6.45, 7) is 1.25. The molecular weight excluding hydrogens is 155 g/mol. The van der Waals surface area contributed by atoms with Crippen molar-refractivity contribution in [3.8, 4) is 0 Å². The summed E-state index contributed by atoms with van der Waals surface area (Å²) in [6, 6.07) is 0. The number of rotatable bonds is 1. The van der Waals surface area contributed by atoms with E-state index in [1.807, 2.05) is 0 Å². The summed E-state index contributed by atoms with van der Waals surface area (Å²) in [6.07, 6.45) is 0.822. The van der Waals surface area contributed by atoms with Crippen molar-refractivity contribution in [1.29, 1.82) is 0 Å². The third kappa shape index (κ3) is 4.92. The van der Waals surface area contributed by atoms with Gasteiger partial charge in [-0.25, -0.2) is 8.42 Å². The molecule has 0 bridgehead atoms. The van der Waals surface area contributed by atoms with Crippen LogP contribution >= 0.6 is 0 Å². The average Bonchev–Trinajstić information content (AvgIpc) is 1.62. The topological polar surface area (TPSA) is 77.4 Å². The third-order valence-electron chi connectivity index (χ3n) is 0.503. The number of allylic oxidation sites excluding steroid dienone is 1. The molecule has 0 aromatic heterocycles. The Morgan fingerprint density at radius 1 is 1.67 bits per heavy atom. The van der Waals surface area contributed by atoms with E-state index in [4.69, 9.17) is 5.11 Å². The molecule has 1 N–H and O–H groups in total. The van der Waals surface area contributed by atoms with Crippen molar-refractivity contribution in [2.45, 2.75) is 6.92 Å². The van der Waals surface area contributed by atoms with Gasteiger partial charge in [0.15, 0.2) is 15.2 Å². The Labute approximate surface area is 75.6 Å². The van der Waals surface area contributed by atoms with Crippen LogP contribution in [0.3, 0.4) is 0 Å². The number of hydrogen-bond donors (Lipinski definition) is 1. The molecule has 9 heavy (non-hydrogen) atoms. The molecule has 0 saturated carbocycles. The van der Waals surface area contributed by atoms with Crippen LogP contribution in [-0.2, 0) is 10.1 Å². The van der Waals surface area contributed by atoms with Crippen LogP contribution in [0.1, 0.15) is 6.92 Å². The summed E-state index contributed by atoms with van der Waals surface area (Å²) in [4.78, 5) is 0. The molecule has 6 heteroatoms. The normalized spacial score (nSPS) is 12.4. The van der Waals surface area contributed by atoms with Crippen molar-refractivity contribution in [2.75, 3.05) is 0 Å². The van der Waals surface area contributed by atoms with Gasteiger partial charge < -0.3 is 9.66 Å². The molecule has 0 spiro atoms. The van der Waals surface area contributed by atoms with Crippen molar-refractivity contribution in [3.63, 3.8) is 0 Å². The quantitative estimate of drug-likeness (QED) is 0.251. The molecule has 0 heterocycles. The molecule has 0 aromatic carbocycles. The smallest absolute Gasteiger partial charge is 0.742 e. The fourth-order valence-corrected chi connectivity index (χ4v) is 0.433. The molecule has 0 aliphatic heterocycles. The van der Waals surface area contributed by atoms with Gasteiger partial charge in [0.25, 0.3) is 0 Å². The Morgan fingerprint density at radius 2 is 2.00 bits per heavy atom. The summed E-state index contributed by atoms with van der Waals surface area (Å²) in [5.41, 5.74) is 0. The van der Waals surface area contributed by atoms with E-state index < -0.39 is 15.2 Å². The molecule has 0 fully saturated rings. The van der Waals surface area contributed by atoms with E-state index >= 15 is 0 Å².